The van der Waals surface area contributed by atoms with Crippen LogP contribution in [0.2, 0.25) is 0 Å². The van der Waals surface area contributed by atoms with E-state index in [1.54, 1.807) is 0 Å². The minimum Gasteiger partial charge on any atom is -0.391 e. The summed E-state index contributed by atoms with van der Waals surface area (Å²) in [5.41, 5.74) is -0.150. The Kier molecular flexibility index (Phi) is 6.31. The molecule has 0 aromatic heterocycles. The molecule has 1 aromatic carbocycles. The first-order chi connectivity index (χ1) is 11.2. The zero-order chi connectivity index (χ0) is 17.9. The molecule has 1 aliphatic rings. The van der Waals surface area contributed by atoms with Gasteiger partial charge in [-0.2, -0.15) is 0 Å². The second kappa shape index (κ2) is 7.87. The van der Waals surface area contributed by atoms with Gasteiger partial charge in [-0.05, 0) is 23.6 Å². The van der Waals surface area contributed by atoms with Crippen LogP contribution in [0.3, 0.4) is 0 Å². The summed E-state index contributed by atoms with van der Waals surface area (Å²) in [7, 11) is 0. The molecule has 0 unspecified atom stereocenters. The van der Waals surface area contributed by atoms with Crippen molar-refractivity contribution in [2.75, 3.05) is 39.3 Å². The maximum atomic E-state index is 13.7. The van der Waals surface area contributed by atoms with Crippen LogP contribution in [-0.2, 0) is 0 Å². The van der Waals surface area contributed by atoms with Gasteiger partial charge >= 0.3 is 0 Å². The smallest absolute Gasteiger partial charge is 0.129 e. The predicted molar refractivity (Wildman–Crippen MR) is 89.7 cm³/mol. The molecule has 2 N–H and O–H groups in total. The molecule has 2 atom stereocenters. The number of β-amino-alcohol motifs (C(OH)–C–C–N with tert-alkyl or cyclic N) is 2. The summed E-state index contributed by atoms with van der Waals surface area (Å²) in [4.78, 5) is 4.23. The molecule has 1 aromatic rings. The fourth-order valence-corrected chi connectivity index (χ4v) is 2.79. The van der Waals surface area contributed by atoms with Crippen LogP contribution in [0.15, 0.2) is 18.2 Å². The lowest BCUT2D eigenvalue weighted by molar-refractivity contribution is 0.00695. The van der Waals surface area contributed by atoms with Crippen LogP contribution >= 0.6 is 0 Å². The van der Waals surface area contributed by atoms with Gasteiger partial charge in [-0.3, -0.25) is 9.80 Å². The van der Waals surface area contributed by atoms with Crippen LogP contribution in [0.1, 0.15) is 32.4 Å². The Hall–Kier alpha value is -1.08. The molecule has 0 spiro atoms. The summed E-state index contributed by atoms with van der Waals surface area (Å²) in [5, 5.41) is 20.4. The number of aliphatic hydroxyl groups excluding tert-OH is 2. The first-order valence-electron chi connectivity index (χ1n) is 8.42. The second-order valence-electron chi connectivity index (χ2n) is 7.66. The van der Waals surface area contributed by atoms with E-state index < -0.39 is 23.8 Å². The summed E-state index contributed by atoms with van der Waals surface area (Å²) in [6.45, 7) is 9.95. The molecule has 4 nitrogen and oxygen atoms in total. The molecular formula is C18H28F2N2O2. The van der Waals surface area contributed by atoms with Crippen molar-refractivity contribution in [3.8, 4) is 0 Å². The number of aliphatic hydroxyl groups is 2. The van der Waals surface area contributed by atoms with Gasteiger partial charge in [0, 0.05) is 44.8 Å². The van der Waals surface area contributed by atoms with Gasteiger partial charge in [0.2, 0.25) is 0 Å². The van der Waals surface area contributed by atoms with E-state index in [0.29, 0.717) is 6.54 Å². The first-order valence-corrected chi connectivity index (χ1v) is 8.42. The molecule has 0 aliphatic carbocycles. The molecule has 0 saturated carbocycles. The highest BCUT2D eigenvalue weighted by atomic mass is 19.1. The SMILES string of the molecule is CC(C)(C)[C@H](O)CN1CCN(C[C@H](O)c2cc(F)ccc2F)CC1. The lowest BCUT2D eigenvalue weighted by atomic mass is 9.89. The molecule has 0 radical (unpaired) electrons. The van der Waals surface area contributed by atoms with Gasteiger partial charge in [-0.1, -0.05) is 20.8 Å². The highest BCUT2D eigenvalue weighted by Crippen LogP contribution is 2.22. The average Bonchev–Trinajstić information content (AvgIpc) is 2.50. The summed E-state index contributed by atoms with van der Waals surface area (Å²) in [6.07, 6.45) is -1.44. The fourth-order valence-electron chi connectivity index (χ4n) is 2.79. The highest BCUT2D eigenvalue weighted by molar-refractivity contribution is 5.21. The second-order valence-corrected chi connectivity index (χ2v) is 7.66. The number of rotatable bonds is 5. The van der Waals surface area contributed by atoms with Crippen molar-refractivity contribution in [3.63, 3.8) is 0 Å². The fraction of sp³-hybridized carbons (Fsp3) is 0.667. The summed E-state index contributed by atoms with van der Waals surface area (Å²) in [5.74, 6) is -1.14. The Balaban J connectivity index is 1.83. The molecule has 1 aliphatic heterocycles. The zero-order valence-electron chi connectivity index (χ0n) is 14.7. The maximum absolute atomic E-state index is 13.7. The van der Waals surface area contributed by atoms with Gasteiger partial charge in [0.05, 0.1) is 12.2 Å². The van der Waals surface area contributed by atoms with Gasteiger partial charge in [0.1, 0.15) is 11.6 Å². The van der Waals surface area contributed by atoms with E-state index in [4.69, 9.17) is 0 Å². The molecule has 24 heavy (non-hydrogen) atoms. The van der Waals surface area contributed by atoms with Crippen LogP contribution in [0.25, 0.3) is 0 Å². The number of hydrogen-bond acceptors (Lipinski definition) is 4. The van der Waals surface area contributed by atoms with E-state index in [1.165, 1.54) is 0 Å². The quantitative estimate of drug-likeness (QED) is 0.860. The average molecular weight is 342 g/mol. The lowest BCUT2D eigenvalue weighted by Crippen LogP contribution is -2.50. The molecule has 0 bridgehead atoms. The minimum absolute atomic E-state index is 0.000541. The van der Waals surface area contributed by atoms with E-state index in [-0.39, 0.29) is 17.5 Å². The number of hydrogen-bond donors (Lipinski definition) is 2. The molecule has 0 amide bonds. The van der Waals surface area contributed by atoms with Gasteiger partial charge in [0.15, 0.2) is 0 Å². The minimum atomic E-state index is -1.05. The predicted octanol–water partition coefficient (Wildman–Crippen LogP) is 2.02. The van der Waals surface area contributed by atoms with Crippen molar-refractivity contribution in [1.82, 2.24) is 9.80 Å². The topological polar surface area (TPSA) is 46.9 Å². The molecule has 1 saturated heterocycles. The third kappa shape index (κ3) is 5.21. The van der Waals surface area contributed by atoms with Crippen LogP contribution < -0.4 is 0 Å². The largest absolute Gasteiger partial charge is 0.391 e. The summed E-state index contributed by atoms with van der Waals surface area (Å²) in [6, 6.07) is 3.14. The highest BCUT2D eigenvalue weighted by Gasteiger charge is 2.27. The Labute approximate surface area is 142 Å². The van der Waals surface area contributed by atoms with Crippen LogP contribution in [0.4, 0.5) is 8.78 Å². The molecule has 6 heteroatoms. The molecule has 2 rings (SSSR count). The van der Waals surface area contributed by atoms with Gasteiger partial charge in [-0.25, -0.2) is 8.78 Å². The van der Waals surface area contributed by atoms with Crippen molar-refractivity contribution in [2.24, 2.45) is 5.41 Å². The third-order valence-corrected chi connectivity index (χ3v) is 4.64. The Bertz CT molecular complexity index is 540. The van der Waals surface area contributed by atoms with Crippen LogP contribution in [0, 0.1) is 17.0 Å². The molecular weight excluding hydrogens is 314 g/mol. The molecule has 1 fully saturated rings. The Morgan fingerprint density at radius 3 is 2.08 bits per heavy atom. The number of benzene rings is 1. The number of halogens is 2. The normalized spacial score (nSPS) is 20.1. The number of nitrogens with zero attached hydrogens (tertiary/aromatic N) is 2. The van der Waals surface area contributed by atoms with Crippen LogP contribution in [-0.4, -0.2) is 65.4 Å². The standard InChI is InChI=1S/C18H28F2N2O2/c1-18(2,3)17(24)12-22-8-6-21(7-9-22)11-16(23)14-10-13(19)4-5-15(14)20/h4-5,10,16-17,23-24H,6-9,11-12H2,1-3H3/t16-,17+/m0/s1. The van der Waals surface area contributed by atoms with Crippen molar-refractivity contribution in [1.29, 1.82) is 0 Å². The monoisotopic (exact) mass is 342 g/mol. The van der Waals surface area contributed by atoms with Crippen molar-refractivity contribution in [2.45, 2.75) is 33.0 Å². The van der Waals surface area contributed by atoms with E-state index in [0.717, 1.165) is 44.4 Å². The van der Waals surface area contributed by atoms with Crippen molar-refractivity contribution < 1.29 is 19.0 Å². The van der Waals surface area contributed by atoms with E-state index in [2.05, 4.69) is 4.90 Å². The van der Waals surface area contributed by atoms with E-state index in [1.807, 2.05) is 25.7 Å². The van der Waals surface area contributed by atoms with E-state index in [9.17, 15) is 19.0 Å². The Morgan fingerprint density at radius 2 is 1.54 bits per heavy atom. The van der Waals surface area contributed by atoms with Crippen LogP contribution in [0.5, 0.6) is 0 Å². The van der Waals surface area contributed by atoms with Crippen molar-refractivity contribution >= 4 is 0 Å². The third-order valence-electron chi connectivity index (χ3n) is 4.64. The van der Waals surface area contributed by atoms with Gasteiger partial charge in [0.25, 0.3) is 0 Å². The van der Waals surface area contributed by atoms with E-state index >= 15 is 0 Å². The van der Waals surface area contributed by atoms with Crippen molar-refractivity contribution in [3.05, 3.63) is 35.4 Å². The number of piperazine rings is 1. The summed E-state index contributed by atoms with van der Waals surface area (Å²) >= 11 is 0. The zero-order valence-corrected chi connectivity index (χ0v) is 14.7. The summed E-state index contributed by atoms with van der Waals surface area (Å²) < 4.78 is 26.9. The first kappa shape index (κ1) is 19.2. The molecule has 1 heterocycles. The maximum Gasteiger partial charge on any atom is 0.129 e. The van der Waals surface area contributed by atoms with Gasteiger partial charge in [-0.15, -0.1) is 0 Å². The molecule has 136 valence electrons. The van der Waals surface area contributed by atoms with Gasteiger partial charge < -0.3 is 10.2 Å². The lowest BCUT2D eigenvalue weighted by Gasteiger charge is -2.38. The Morgan fingerprint density at radius 1 is 1.00 bits per heavy atom.